The van der Waals surface area contributed by atoms with Crippen molar-refractivity contribution in [3.63, 3.8) is 0 Å². The Morgan fingerprint density at radius 2 is 2.17 bits per heavy atom. The van der Waals surface area contributed by atoms with Crippen LogP contribution < -0.4 is 5.32 Å². The number of amides is 1. The van der Waals surface area contributed by atoms with E-state index in [-0.39, 0.29) is 12.0 Å². The van der Waals surface area contributed by atoms with E-state index in [9.17, 15) is 4.79 Å². The van der Waals surface area contributed by atoms with E-state index in [1.807, 2.05) is 25.1 Å². The monoisotopic (exact) mass is 330 g/mol. The second-order valence-corrected chi connectivity index (χ2v) is 6.94. The topological polar surface area (TPSA) is 51.2 Å². The van der Waals surface area contributed by atoms with Gasteiger partial charge in [-0.3, -0.25) is 4.79 Å². The maximum Gasteiger partial charge on any atom is 0.263 e. The molecule has 1 aromatic heterocycles. The molecule has 1 unspecified atom stereocenters. The van der Waals surface area contributed by atoms with Crippen molar-refractivity contribution in [3.05, 3.63) is 51.5 Å². The zero-order chi connectivity index (χ0) is 16.1. The van der Waals surface area contributed by atoms with E-state index in [1.165, 1.54) is 16.9 Å². The number of carbonyl (C=O) groups excluding carboxylic acids is 1. The van der Waals surface area contributed by atoms with Gasteiger partial charge in [-0.2, -0.15) is 0 Å². The first-order valence-corrected chi connectivity index (χ1v) is 8.94. The van der Waals surface area contributed by atoms with Gasteiger partial charge in [0.1, 0.15) is 4.88 Å². The molecule has 2 heterocycles. The Morgan fingerprint density at radius 1 is 1.35 bits per heavy atom. The van der Waals surface area contributed by atoms with Crippen LogP contribution in [0.4, 0.5) is 0 Å². The van der Waals surface area contributed by atoms with Crippen molar-refractivity contribution in [2.75, 3.05) is 13.2 Å². The molecule has 0 aliphatic carbocycles. The zero-order valence-corrected chi connectivity index (χ0v) is 14.2. The van der Waals surface area contributed by atoms with E-state index in [2.05, 4.69) is 22.4 Å². The molecule has 122 valence electrons. The average Bonchev–Trinajstić information content (AvgIpc) is 3.21. The highest BCUT2D eigenvalue weighted by molar-refractivity contribution is 7.13. The maximum atomic E-state index is 12.3. The molecule has 0 bridgehead atoms. The summed E-state index contributed by atoms with van der Waals surface area (Å²) in [7, 11) is 0. The summed E-state index contributed by atoms with van der Waals surface area (Å²) in [6, 6.07) is 10.4. The van der Waals surface area contributed by atoms with Crippen molar-refractivity contribution >= 4 is 17.2 Å². The van der Waals surface area contributed by atoms with Gasteiger partial charge in [0.2, 0.25) is 0 Å². The number of rotatable bonds is 6. The van der Waals surface area contributed by atoms with Crippen LogP contribution in [0.1, 0.15) is 38.8 Å². The van der Waals surface area contributed by atoms with Crippen molar-refractivity contribution in [1.82, 2.24) is 10.3 Å². The number of hydrogen-bond acceptors (Lipinski definition) is 4. The van der Waals surface area contributed by atoms with Gasteiger partial charge in [-0.15, -0.1) is 11.3 Å². The van der Waals surface area contributed by atoms with Gasteiger partial charge >= 0.3 is 0 Å². The molecule has 1 aliphatic rings. The fraction of sp³-hybridized carbons (Fsp3) is 0.444. The van der Waals surface area contributed by atoms with Gasteiger partial charge in [0.05, 0.1) is 16.8 Å². The standard InChI is InChI=1S/C18H22N2O2S/c1-13-17(18(21)19-12-15-8-5-11-22-15)23-16(20-13)10-9-14-6-3-2-4-7-14/h2-4,6-7,15H,5,8-12H2,1H3,(H,19,21). The van der Waals surface area contributed by atoms with Crippen molar-refractivity contribution in [2.24, 2.45) is 0 Å². The molecule has 1 aromatic carbocycles. The van der Waals surface area contributed by atoms with Gasteiger partial charge < -0.3 is 10.1 Å². The predicted molar refractivity (Wildman–Crippen MR) is 92.0 cm³/mol. The number of aromatic nitrogens is 1. The quantitative estimate of drug-likeness (QED) is 0.885. The SMILES string of the molecule is Cc1nc(CCc2ccccc2)sc1C(=O)NCC1CCCO1. The Balaban J connectivity index is 1.55. The predicted octanol–water partition coefficient (Wildman–Crippen LogP) is 3.15. The summed E-state index contributed by atoms with van der Waals surface area (Å²) in [5.41, 5.74) is 2.12. The molecule has 1 saturated heterocycles. The van der Waals surface area contributed by atoms with Crippen LogP contribution in [0.25, 0.3) is 0 Å². The second kappa shape index (κ2) is 7.70. The molecule has 1 aliphatic heterocycles. The number of hydrogen-bond donors (Lipinski definition) is 1. The lowest BCUT2D eigenvalue weighted by atomic mass is 10.1. The molecule has 1 atom stereocenters. The molecule has 1 amide bonds. The van der Waals surface area contributed by atoms with Gasteiger partial charge in [-0.1, -0.05) is 30.3 Å². The summed E-state index contributed by atoms with van der Waals surface area (Å²) < 4.78 is 5.54. The summed E-state index contributed by atoms with van der Waals surface area (Å²) in [5, 5.41) is 4.00. The summed E-state index contributed by atoms with van der Waals surface area (Å²) in [6.07, 6.45) is 4.11. The molecule has 1 fully saturated rings. The Kier molecular flexibility index (Phi) is 5.41. The van der Waals surface area contributed by atoms with Crippen molar-refractivity contribution in [2.45, 2.75) is 38.7 Å². The van der Waals surface area contributed by atoms with Crippen molar-refractivity contribution < 1.29 is 9.53 Å². The third-order valence-corrected chi connectivity index (χ3v) is 5.25. The molecule has 1 N–H and O–H groups in total. The van der Waals surface area contributed by atoms with Crippen LogP contribution in [-0.4, -0.2) is 30.1 Å². The number of thiazole rings is 1. The van der Waals surface area contributed by atoms with Gasteiger partial charge in [0.15, 0.2) is 0 Å². The highest BCUT2D eigenvalue weighted by atomic mass is 32.1. The van der Waals surface area contributed by atoms with Crippen LogP contribution in [0.3, 0.4) is 0 Å². The van der Waals surface area contributed by atoms with E-state index < -0.39 is 0 Å². The molecule has 5 heteroatoms. The highest BCUT2D eigenvalue weighted by Gasteiger charge is 2.19. The third-order valence-electron chi connectivity index (χ3n) is 4.03. The Hall–Kier alpha value is -1.72. The van der Waals surface area contributed by atoms with E-state index in [4.69, 9.17) is 4.74 Å². The summed E-state index contributed by atoms with van der Waals surface area (Å²) >= 11 is 1.51. The smallest absolute Gasteiger partial charge is 0.263 e. The minimum absolute atomic E-state index is 0.0264. The lowest BCUT2D eigenvalue weighted by Gasteiger charge is -2.09. The van der Waals surface area contributed by atoms with E-state index in [0.29, 0.717) is 6.54 Å². The molecule has 2 aromatic rings. The lowest BCUT2D eigenvalue weighted by Crippen LogP contribution is -2.31. The fourth-order valence-corrected chi connectivity index (χ4v) is 3.74. The van der Waals surface area contributed by atoms with Gasteiger partial charge in [0, 0.05) is 19.6 Å². The first kappa shape index (κ1) is 16.1. The number of aryl methyl sites for hydroxylation is 3. The van der Waals surface area contributed by atoms with Crippen molar-refractivity contribution in [3.8, 4) is 0 Å². The number of benzene rings is 1. The Bertz CT molecular complexity index is 648. The fourth-order valence-electron chi connectivity index (χ4n) is 2.76. The summed E-state index contributed by atoms with van der Waals surface area (Å²) in [6.45, 7) is 3.31. The normalized spacial score (nSPS) is 17.3. The summed E-state index contributed by atoms with van der Waals surface area (Å²) in [5.74, 6) is -0.0264. The largest absolute Gasteiger partial charge is 0.376 e. The number of nitrogens with zero attached hydrogens (tertiary/aromatic N) is 1. The van der Waals surface area contributed by atoms with Crippen LogP contribution in [0.5, 0.6) is 0 Å². The third kappa shape index (κ3) is 4.39. The van der Waals surface area contributed by atoms with Crippen molar-refractivity contribution in [1.29, 1.82) is 0 Å². The van der Waals surface area contributed by atoms with Gasteiger partial charge in [-0.05, 0) is 31.7 Å². The maximum absolute atomic E-state index is 12.3. The molecule has 0 radical (unpaired) electrons. The summed E-state index contributed by atoms with van der Waals surface area (Å²) in [4.78, 5) is 17.6. The van der Waals surface area contributed by atoms with Crippen LogP contribution in [0.15, 0.2) is 30.3 Å². The first-order chi connectivity index (χ1) is 11.2. The minimum Gasteiger partial charge on any atom is -0.376 e. The molecule has 23 heavy (non-hydrogen) atoms. The number of ether oxygens (including phenoxy) is 1. The highest BCUT2D eigenvalue weighted by Crippen LogP contribution is 2.20. The van der Waals surface area contributed by atoms with E-state index in [0.717, 1.165) is 47.9 Å². The van der Waals surface area contributed by atoms with Crippen LogP contribution >= 0.6 is 11.3 Å². The molecule has 0 spiro atoms. The van der Waals surface area contributed by atoms with Gasteiger partial charge in [-0.25, -0.2) is 4.98 Å². The Morgan fingerprint density at radius 3 is 2.91 bits per heavy atom. The van der Waals surface area contributed by atoms with Crippen LogP contribution in [0.2, 0.25) is 0 Å². The van der Waals surface area contributed by atoms with Crippen LogP contribution in [-0.2, 0) is 17.6 Å². The number of carbonyl (C=O) groups is 1. The molecule has 4 nitrogen and oxygen atoms in total. The second-order valence-electron chi connectivity index (χ2n) is 5.85. The van der Waals surface area contributed by atoms with Crippen LogP contribution in [0, 0.1) is 6.92 Å². The number of nitrogens with one attached hydrogen (secondary N) is 1. The first-order valence-electron chi connectivity index (χ1n) is 8.12. The average molecular weight is 330 g/mol. The molecule has 3 rings (SSSR count). The van der Waals surface area contributed by atoms with Gasteiger partial charge in [0.25, 0.3) is 5.91 Å². The minimum atomic E-state index is -0.0264. The molecular formula is C18H22N2O2S. The zero-order valence-electron chi connectivity index (χ0n) is 13.4. The van der Waals surface area contributed by atoms with E-state index >= 15 is 0 Å². The Labute approximate surface area is 140 Å². The molecular weight excluding hydrogens is 308 g/mol. The lowest BCUT2D eigenvalue weighted by molar-refractivity contribution is 0.0860. The van der Waals surface area contributed by atoms with E-state index in [1.54, 1.807) is 0 Å². The molecule has 0 saturated carbocycles.